The van der Waals surface area contributed by atoms with Crippen LogP contribution in [-0.2, 0) is 4.79 Å². The predicted molar refractivity (Wildman–Crippen MR) is 131 cm³/mol. The van der Waals surface area contributed by atoms with Crippen LogP contribution in [0.1, 0.15) is 16.7 Å². The molecule has 0 radical (unpaired) electrons. The number of thioether (sulfide) groups is 1. The van der Waals surface area contributed by atoms with Crippen LogP contribution in [0.4, 0.5) is 5.69 Å². The molecule has 0 unspecified atom stereocenters. The fraction of sp³-hybridized carbons (Fsp3) is 0.154. The minimum Gasteiger partial charge on any atom is -0.325 e. The summed E-state index contributed by atoms with van der Waals surface area (Å²) in [7, 11) is 0. The molecule has 32 heavy (non-hydrogen) atoms. The average molecular weight is 441 g/mol. The van der Waals surface area contributed by atoms with E-state index >= 15 is 0 Å². The van der Waals surface area contributed by atoms with E-state index in [4.69, 9.17) is 4.98 Å². The monoisotopic (exact) mass is 440 g/mol. The lowest BCUT2D eigenvalue weighted by molar-refractivity contribution is -0.113. The summed E-state index contributed by atoms with van der Waals surface area (Å²) in [5, 5.41) is 12.1. The largest absolute Gasteiger partial charge is 0.325 e. The maximum atomic E-state index is 12.4. The summed E-state index contributed by atoms with van der Waals surface area (Å²) in [5.41, 5.74) is 7.68. The molecule has 1 aromatic heterocycles. The molecule has 3 aromatic carbocycles. The van der Waals surface area contributed by atoms with E-state index in [1.54, 1.807) is 0 Å². The molecule has 0 saturated heterocycles. The quantitative estimate of drug-likeness (QED) is 0.380. The van der Waals surface area contributed by atoms with Crippen molar-refractivity contribution in [1.82, 2.24) is 15.2 Å². The summed E-state index contributed by atoms with van der Waals surface area (Å²) >= 11 is 1.27. The third-order valence-electron chi connectivity index (χ3n) is 4.98. The topological polar surface area (TPSA) is 67.8 Å². The molecule has 4 aromatic rings. The highest BCUT2D eigenvalue weighted by Crippen LogP contribution is 2.30. The second-order valence-electron chi connectivity index (χ2n) is 7.73. The van der Waals surface area contributed by atoms with Crippen molar-refractivity contribution in [3.05, 3.63) is 89.5 Å². The van der Waals surface area contributed by atoms with E-state index in [0.717, 1.165) is 33.8 Å². The molecule has 0 aliphatic carbocycles. The van der Waals surface area contributed by atoms with Crippen molar-refractivity contribution in [2.75, 3.05) is 11.1 Å². The van der Waals surface area contributed by atoms with Crippen LogP contribution in [0.3, 0.4) is 0 Å². The first-order valence-corrected chi connectivity index (χ1v) is 11.3. The lowest BCUT2D eigenvalue weighted by atomic mass is 10.0. The Balaban J connectivity index is 1.57. The molecule has 160 valence electrons. The van der Waals surface area contributed by atoms with Crippen molar-refractivity contribution in [3.8, 4) is 22.5 Å². The Hall–Kier alpha value is -3.51. The molecule has 4 rings (SSSR count). The molecule has 0 bridgehead atoms. The number of anilines is 1. The number of hydrogen-bond donors (Lipinski definition) is 1. The van der Waals surface area contributed by atoms with Gasteiger partial charge >= 0.3 is 0 Å². The first kappa shape index (κ1) is 21.7. The number of aromatic nitrogens is 3. The number of benzene rings is 3. The molecular formula is C26H24N4OS. The standard InChI is InChI=1S/C26H24N4OS/c1-17-4-10-20(11-5-17)24-25(21-12-6-18(2)7-13-21)29-30-26(28-24)32-16-23(31)27-22-14-8-19(3)9-15-22/h4-15H,16H2,1-3H3,(H,27,31). The zero-order valence-corrected chi connectivity index (χ0v) is 19.1. The number of nitrogens with one attached hydrogen (secondary N) is 1. The Morgan fingerprint density at radius 1 is 0.719 bits per heavy atom. The van der Waals surface area contributed by atoms with Crippen LogP contribution in [0, 0.1) is 20.8 Å². The molecular weight excluding hydrogens is 416 g/mol. The molecule has 6 heteroatoms. The van der Waals surface area contributed by atoms with Gasteiger partial charge in [-0.1, -0.05) is 89.1 Å². The van der Waals surface area contributed by atoms with Gasteiger partial charge in [0.15, 0.2) is 0 Å². The van der Waals surface area contributed by atoms with Gasteiger partial charge in [0.2, 0.25) is 11.1 Å². The summed E-state index contributed by atoms with van der Waals surface area (Å²) in [4.78, 5) is 17.1. The van der Waals surface area contributed by atoms with Gasteiger partial charge in [-0.15, -0.1) is 10.2 Å². The van der Waals surface area contributed by atoms with Gasteiger partial charge in [0.1, 0.15) is 11.4 Å². The summed E-state index contributed by atoms with van der Waals surface area (Å²) < 4.78 is 0. The summed E-state index contributed by atoms with van der Waals surface area (Å²) in [6.07, 6.45) is 0. The average Bonchev–Trinajstić information content (AvgIpc) is 2.80. The number of rotatable bonds is 6. The third-order valence-corrected chi connectivity index (χ3v) is 5.82. The molecule has 5 nitrogen and oxygen atoms in total. The van der Waals surface area contributed by atoms with Gasteiger partial charge in [0.25, 0.3) is 0 Å². The van der Waals surface area contributed by atoms with Gasteiger partial charge in [0, 0.05) is 16.8 Å². The minimum absolute atomic E-state index is 0.109. The highest BCUT2D eigenvalue weighted by Gasteiger charge is 2.15. The van der Waals surface area contributed by atoms with Gasteiger partial charge in [-0.05, 0) is 32.9 Å². The van der Waals surface area contributed by atoms with E-state index < -0.39 is 0 Å². The Bertz CT molecular complexity index is 1220. The third kappa shape index (κ3) is 5.39. The smallest absolute Gasteiger partial charge is 0.234 e. The summed E-state index contributed by atoms with van der Waals surface area (Å²) in [6.45, 7) is 6.12. The van der Waals surface area contributed by atoms with Crippen LogP contribution >= 0.6 is 11.8 Å². The molecule has 0 saturated carbocycles. The Morgan fingerprint density at radius 3 is 1.78 bits per heavy atom. The highest BCUT2D eigenvalue weighted by atomic mass is 32.2. The molecule has 1 amide bonds. The first-order valence-electron chi connectivity index (χ1n) is 10.4. The van der Waals surface area contributed by atoms with E-state index in [-0.39, 0.29) is 11.7 Å². The van der Waals surface area contributed by atoms with E-state index in [1.165, 1.54) is 22.9 Å². The summed E-state index contributed by atoms with van der Waals surface area (Å²) in [5.74, 6) is 0.0919. The lowest BCUT2D eigenvalue weighted by Crippen LogP contribution is -2.14. The normalized spacial score (nSPS) is 10.7. The Kier molecular flexibility index (Phi) is 6.61. The van der Waals surface area contributed by atoms with Crippen molar-refractivity contribution in [2.24, 2.45) is 0 Å². The van der Waals surface area contributed by atoms with Crippen LogP contribution in [0.15, 0.2) is 78.0 Å². The molecule has 1 N–H and O–H groups in total. The molecule has 0 spiro atoms. The van der Waals surface area contributed by atoms with Gasteiger partial charge < -0.3 is 5.32 Å². The van der Waals surface area contributed by atoms with Crippen LogP contribution in [0.25, 0.3) is 22.5 Å². The van der Waals surface area contributed by atoms with Gasteiger partial charge in [-0.2, -0.15) is 0 Å². The van der Waals surface area contributed by atoms with Crippen LogP contribution in [0.2, 0.25) is 0 Å². The number of carbonyl (C=O) groups is 1. The number of nitrogens with zero attached hydrogens (tertiary/aromatic N) is 3. The predicted octanol–water partition coefficient (Wildman–Crippen LogP) is 5.86. The maximum Gasteiger partial charge on any atom is 0.234 e. The molecule has 0 aliphatic rings. The van der Waals surface area contributed by atoms with Crippen molar-refractivity contribution in [1.29, 1.82) is 0 Å². The molecule has 0 aliphatic heterocycles. The van der Waals surface area contributed by atoms with Gasteiger partial charge in [-0.25, -0.2) is 4.98 Å². The van der Waals surface area contributed by atoms with E-state index in [2.05, 4.69) is 41.5 Å². The van der Waals surface area contributed by atoms with E-state index in [1.807, 2.05) is 67.6 Å². The van der Waals surface area contributed by atoms with Gasteiger partial charge in [-0.3, -0.25) is 4.79 Å². The highest BCUT2D eigenvalue weighted by molar-refractivity contribution is 7.99. The minimum atomic E-state index is -0.109. The zero-order valence-electron chi connectivity index (χ0n) is 18.3. The van der Waals surface area contributed by atoms with Crippen LogP contribution in [-0.4, -0.2) is 26.8 Å². The van der Waals surface area contributed by atoms with Crippen molar-refractivity contribution < 1.29 is 4.79 Å². The second kappa shape index (κ2) is 9.75. The number of carbonyl (C=O) groups excluding carboxylic acids is 1. The lowest BCUT2D eigenvalue weighted by Gasteiger charge is -2.10. The van der Waals surface area contributed by atoms with Crippen LogP contribution in [0.5, 0.6) is 0 Å². The van der Waals surface area contributed by atoms with Gasteiger partial charge in [0.05, 0.1) is 5.75 Å². The van der Waals surface area contributed by atoms with Crippen molar-refractivity contribution >= 4 is 23.4 Å². The van der Waals surface area contributed by atoms with E-state index in [0.29, 0.717) is 5.16 Å². The molecule has 0 atom stereocenters. The number of aryl methyl sites for hydroxylation is 3. The molecule has 0 fully saturated rings. The summed E-state index contributed by atoms with van der Waals surface area (Å²) in [6, 6.07) is 24.1. The Morgan fingerprint density at radius 2 is 1.22 bits per heavy atom. The first-order chi connectivity index (χ1) is 15.5. The fourth-order valence-electron chi connectivity index (χ4n) is 3.15. The number of amides is 1. The SMILES string of the molecule is Cc1ccc(NC(=O)CSc2nnc(-c3ccc(C)cc3)c(-c3ccc(C)cc3)n2)cc1. The Labute approximate surface area is 192 Å². The number of hydrogen-bond acceptors (Lipinski definition) is 5. The van der Waals surface area contributed by atoms with Crippen molar-refractivity contribution in [3.63, 3.8) is 0 Å². The van der Waals surface area contributed by atoms with Crippen LogP contribution < -0.4 is 5.32 Å². The fourth-order valence-corrected chi connectivity index (χ4v) is 3.74. The van der Waals surface area contributed by atoms with E-state index in [9.17, 15) is 4.79 Å². The van der Waals surface area contributed by atoms with Crippen molar-refractivity contribution in [2.45, 2.75) is 25.9 Å². The molecule has 1 heterocycles. The maximum absolute atomic E-state index is 12.4. The second-order valence-corrected chi connectivity index (χ2v) is 8.67. The zero-order chi connectivity index (χ0) is 22.5.